The van der Waals surface area contributed by atoms with Gasteiger partial charge in [0, 0.05) is 6.04 Å². The minimum absolute atomic E-state index is 0.749. The molecule has 1 heteroatoms. The van der Waals surface area contributed by atoms with Gasteiger partial charge in [-0.15, -0.1) is 0 Å². The van der Waals surface area contributed by atoms with Crippen molar-refractivity contribution in [1.82, 2.24) is 5.32 Å². The van der Waals surface area contributed by atoms with Crippen LogP contribution in [-0.2, 0) is 6.42 Å². The minimum atomic E-state index is 0.749. The van der Waals surface area contributed by atoms with Crippen LogP contribution in [0.5, 0.6) is 0 Å². The van der Waals surface area contributed by atoms with Crippen molar-refractivity contribution >= 4 is 0 Å². The summed E-state index contributed by atoms with van der Waals surface area (Å²) in [7, 11) is 0. The molecule has 2 atom stereocenters. The first kappa shape index (κ1) is 11.7. The third-order valence-electron chi connectivity index (χ3n) is 3.72. The molecule has 0 aromatic heterocycles. The van der Waals surface area contributed by atoms with Gasteiger partial charge in [-0.25, -0.2) is 0 Å². The lowest BCUT2D eigenvalue weighted by atomic mass is 9.80. The van der Waals surface area contributed by atoms with Gasteiger partial charge in [-0.05, 0) is 37.3 Å². The maximum Gasteiger partial charge on any atom is 0.00983 e. The van der Waals surface area contributed by atoms with E-state index in [4.69, 9.17) is 0 Å². The van der Waals surface area contributed by atoms with Gasteiger partial charge in [0.1, 0.15) is 0 Å². The zero-order valence-corrected chi connectivity index (χ0v) is 10.3. The van der Waals surface area contributed by atoms with Crippen LogP contribution in [0.15, 0.2) is 30.3 Å². The van der Waals surface area contributed by atoms with Crippen molar-refractivity contribution in [3.05, 3.63) is 35.9 Å². The molecule has 88 valence electrons. The Bertz CT molecular complexity index is 292. The molecule has 1 aliphatic carbocycles. The highest BCUT2D eigenvalue weighted by Crippen LogP contribution is 2.27. The smallest absolute Gasteiger partial charge is 0.00983 e. The summed E-state index contributed by atoms with van der Waals surface area (Å²) in [5.74, 6) is 0.844. The molecule has 1 nitrogen and oxygen atoms in total. The van der Waals surface area contributed by atoms with Gasteiger partial charge < -0.3 is 5.32 Å². The second-order valence-corrected chi connectivity index (χ2v) is 4.90. The highest BCUT2D eigenvalue weighted by molar-refractivity contribution is 5.15. The molecule has 1 N–H and O–H groups in total. The Labute approximate surface area is 99.3 Å². The van der Waals surface area contributed by atoms with Gasteiger partial charge in [0.05, 0.1) is 0 Å². The monoisotopic (exact) mass is 217 g/mol. The first-order valence-electron chi connectivity index (χ1n) is 6.67. The second kappa shape index (κ2) is 6.05. The van der Waals surface area contributed by atoms with Gasteiger partial charge in [-0.3, -0.25) is 0 Å². The Hall–Kier alpha value is -0.820. The molecule has 0 spiro atoms. The summed E-state index contributed by atoms with van der Waals surface area (Å²) in [4.78, 5) is 0. The topological polar surface area (TPSA) is 12.0 Å². The summed E-state index contributed by atoms with van der Waals surface area (Å²) in [6, 6.07) is 11.7. The molecule has 2 rings (SSSR count). The van der Waals surface area contributed by atoms with Gasteiger partial charge in [0.25, 0.3) is 0 Å². The predicted molar refractivity (Wildman–Crippen MR) is 69.6 cm³/mol. The van der Waals surface area contributed by atoms with Crippen LogP contribution in [0, 0.1) is 5.92 Å². The van der Waals surface area contributed by atoms with Crippen molar-refractivity contribution in [2.75, 3.05) is 6.54 Å². The van der Waals surface area contributed by atoms with Crippen molar-refractivity contribution in [3.63, 3.8) is 0 Å². The lowest BCUT2D eigenvalue weighted by Gasteiger charge is -2.32. The molecule has 0 bridgehead atoms. The van der Waals surface area contributed by atoms with E-state index in [1.807, 2.05) is 0 Å². The highest BCUT2D eigenvalue weighted by atomic mass is 14.9. The van der Waals surface area contributed by atoms with E-state index in [0.29, 0.717) is 0 Å². The zero-order valence-electron chi connectivity index (χ0n) is 10.3. The molecule has 1 aromatic carbocycles. The number of rotatable bonds is 4. The Morgan fingerprint density at radius 1 is 1.12 bits per heavy atom. The summed E-state index contributed by atoms with van der Waals surface area (Å²) in [6.07, 6.45) is 6.83. The lowest BCUT2D eigenvalue weighted by molar-refractivity contribution is 0.264. The first-order valence-corrected chi connectivity index (χ1v) is 6.67. The van der Waals surface area contributed by atoms with E-state index < -0.39 is 0 Å². The van der Waals surface area contributed by atoms with Crippen LogP contribution in [0.3, 0.4) is 0 Å². The van der Waals surface area contributed by atoms with E-state index in [0.717, 1.165) is 18.5 Å². The summed E-state index contributed by atoms with van der Waals surface area (Å²) < 4.78 is 0. The SMILES string of the molecule is CCNC1CCCCC1Cc1ccccc1. The van der Waals surface area contributed by atoms with Crippen molar-refractivity contribution in [2.24, 2.45) is 5.92 Å². The summed E-state index contributed by atoms with van der Waals surface area (Å²) in [6.45, 7) is 3.32. The van der Waals surface area contributed by atoms with Crippen molar-refractivity contribution in [2.45, 2.75) is 45.1 Å². The maximum absolute atomic E-state index is 3.65. The van der Waals surface area contributed by atoms with Crippen LogP contribution in [0.25, 0.3) is 0 Å². The Balaban J connectivity index is 1.96. The number of nitrogens with one attached hydrogen (secondary N) is 1. The second-order valence-electron chi connectivity index (χ2n) is 4.90. The first-order chi connectivity index (χ1) is 7.90. The molecule has 1 fully saturated rings. The zero-order chi connectivity index (χ0) is 11.2. The van der Waals surface area contributed by atoms with Crippen LogP contribution in [0.4, 0.5) is 0 Å². The normalized spacial score (nSPS) is 25.6. The van der Waals surface area contributed by atoms with Gasteiger partial charge in [0.15, 0.2) is 0 Å². The third-order valence-corrected chi connectivity index (χ3v) is 3.72. The highest BCUT2D eigenvalue weighted by Gasteiger charge is 2.24. The number of benzene rings is 1. The quantitative estimate of drug-likeness (QED) is 0.815. The molecule has 0 amide bonds. The number of hydrogen-bond acceptors (Lipinski definition) is 1. The fourth-order valence-corrected chi connectivity index (χ4v) is 2.90. The molecule has 2 unspecified atom stereocenters. The van der Waals surface area contributed by atoms with E-state index in [1.54, 1.807) is 0 Å². The summed E-state index contributed by atoms with van der Waals surface area (Å²) in [5.41, 5.74) is 1.50. The van der Waals surface area contributed by atoms with Crippen LogP contribution in [0.1, 0.15) is 38.2 Å². The predicted octanol–water partition coefficient (Wildman–Crippen LogP) is 3.40. The largest absolute Gasteiger partial charge is 0.314 e. The van der Waals surface area contributed by atoms with Crippen LogP contribution >= 0.6 is 0 Å². The van der Waals surface area contributed by atoms with Gasteiger partial charge >= 0.3 is 0 Å². The number of hydrogen-bond donors (Lipinski definition) is 1. The molecule has 0 aliphatic heterocycles. The van der Waals surface area contributed by atoms with Crippen LogP contribution in [0.2, 0.25) is 0 Å². The Kier molecular flexibility index (Phi) is 4.41. The third kappa shape index (κ3) is 3.08. The van der Waals surface area contributed by atoms with Crippen molar-refractivity contribution in [3.8, 4) is 0 Å². The standard InChI is InChI=1S/C15H23N/c1-2-16-15-11-7-6-10-14(15)12-13-8-4-3-5-9-13/h3-5,8-9,14-16H,2,6-7,10-12H2,1H3. The van der Waals surface area contributed by atoms with Gasteiger partial charge in [-0.2, -0.15) is 0 Å². The molecule has 0 heterocycles. The fraction of sp³-hybridized carbons (Fsp3) is 0.600. The van der Waals surface area contributed by atoms with Crippen molar-refractivity contribution < 1.29 is 0 Å². The van der Waals surface area contributed by atoms with E-state index in [1.165, 1.54) is 37.7 Å². The lowest BCUT2D eigenvalue weighted by Crippen LogP contribution is -2.39. The molecular formula is C15H23N. The molecular weight excluding hydrogens is 194 g/mol. The van der Waals surface area contributed by atoms with E-state index >= 15 is 0 Å². The average molecular weight is 217 g/mol. The van der Waals surface area contributed by atoms with Gasteiger partial charge in [-0.1, -0.05) is 50.1 Å². The Morgan fingerprint density at radius 3 is 2.62 bits per heavy atom. The van der Waals surface area contributed by atoms with E-state index in [2.05, 4.69) is 42.6 Å². The molecule has 0 saturated heterocycles. The molecule has 1 aromatic rings. The molecule has 16 heavy (non-hydrogen) atoms. The minimum Gasteiger partial charge on any atom is -0.314 e. The van der Waals surface area contributed by atoms with Crippen LogP contribution in [-0.4, -0.2) is 12.6 Å². The van der Waals surface area contributed by atoms with Crippen LogP contribution < -0.4 is 5.32 Å². The fourth-order valence-electron chi connectivity index (χ4n) is 2.90. The maximum atomic E-state index is 3.65. The molecule has 0 radical (unpaired) electrons. The summed E-state index contributed by atoms with van der Waals surface area (Å²) in [5, 5.41) is 3.65. The van der Waals surface area contributed by atoms with E-state index in [-0.39, 0.29) is 0 Å². The van der Waals surface area contributed by atoms with Crippen molar-refractivity contribution in [1.29, 1.82) is 0 Å². The molecule has 1 saturated carbocycles. The van der Waals surface area contributed by atoms with Gasteiger partial charge in [0.2, 0.25) is 0 Å². The Morgan fingerprint density at radius 2 is 1.88 bits per heavy atom. The summed E-state index contributed by atoms with van der Waals surface area (Å²) >= 11 is 0. The van der Waals surface area contributed by atoms with E-state index in [9.17, 15) is 0 Å². The average Bonchev–Trinajstić information content (AvgIpc) is 2.33. The molecule has 1 aliphatic rings.